The molecule has 0 spiro atoms. The molecule has 2 saturated heterocycles. The van der Waals surface area contributed by atoms with Crippen molar-refractivity contribution in [3.63, 3.8) is 0 Å². The lowest BCUT2D eigenvalue weighted by atomic mass is 9.96. The van der Waals surface area contributed by atoms with E-state index < -0.39 is 0 Å². The third-order valence-corrected chi connectivity index (χ3v) is 3.80. The fraction of sp³-hybridized carbons (Fsp3) is 1.00. The molecule has 0 saturated carbocycles. The molecule has 0 aromatic rings. The molecule has 0 bridgehead atoms. The van der Waals surface area contributed by atoms with Crippen LogP contribution in [-0.4, -0.2) is 43.3 Å². The first-order valence-electron chi connectivity index (χ1n) is 5.85. The van der Waals surface area contributed by atoms with Gasteiger partial charge in [0, 0.05) is 18.7 Å². The molecule has 0 aliphatic carbocycles. The van der Waals surface area contributed by atoms with Crippen LogP contribution in [0.1, 0.15) is 26.2 Å². The molecule has 2 rings (SSSR count). The fourth-order valence-corrected chi connectivity index (χ4v) is 2.56. The zero-order valence-electron chi connectivity index (χ0n) is 9.11. The van der Waals surface area contributed by atoms with E-state index in [1.807, 2.05) is 0 Å². The molecule has 2 fully saturated rings. The van der Waals surface area contributed by atoms with Crippen LogP contribution in [0, 0.1) is 5.92 Å². The number of hydrogen-bond acceptors (Lipinski definition) is 3. The van der Waals surface area contributed by atoms with Crippen molar-refractivity contribution >= 4 is 0 Å². The van der Waals surface area contributed by atoms with E-state index in [4.69, 9.17) is 10.5 Å². The Labute approximate surface area is 86.6 Å². The van der Waals surface area contributed by atoms with E-state index in [2.05, 4.69) is 11.8 Å². The Kier molecular flexibility index (Phi) is 3.42. The van der Waals surface area contributed by atoms with E-state index in [1.165, 1.54) is 19.5 Å². The second kappa shape index (κ2) is 4.60. The Hall–Kier alpha value is -0.120. The van der Waals surface area contributed by atoms with E-state index in [0.29, 0.717) is 12.1 Å². The summed E-state index contributed by atoms with van der Waals surface area (Å²) < 4.78 is 5.44. The minimum Gasteiger partial charge on any atom is -0.381 e. The summed E-state index contributed by atoms with van der Waals surface area (Å²) in [5.74, 6) is 0.754. The number of rotatable bonds is 2. The minimum atomic E-state index is 0.443. The van der Waals surface area contributed by atoms with Crippen LogP contribution in [0.3, 0.4) is 0 Å². The Morgan fingerprint density at radius 3 is 2.57 bits per heavy atom. The number of hydrogen-bond donors (Lipinski definition) is 1. The van der Waals surface area contributed by atoms with Gasteiger partial charge >= 0.3 is 0 Å². The van der Waals surface area contributed by atoms with E-state index in [1.54, 1.807) is 0 Å². The Balaban J connectivity index is 1.82. The molecule has 3 nitrogen and oxygen atoms in total. The summed E-state index contributed by atoms with van der Waals surface area (Å²) in [6.45, 7) is 6.62. The molecule has 2 N–H and O–H groups in total. The SMILES string of the molecule is CC(C1CCOC1)N1CCC(N)CC1. The van der Waals surface area contributed by atoms with Gasteiger partial charge in [0.25, 0.3) is 0 Å². The summed E-state index contributed by atoms with van der Waals surface area (Å²) in [5.41, 5.74) is 5.90. The van der Waals surface area contributed by atoms with Crippen LogP contribution in [-0.2, 0) is 4.74 Å². The van der Waals surface area contributed by atoms with Gasteiger partial charge in [-0.05, 0) is 45.2 Å². The third-order valence-electron chi connectivity index (χ3n) is 3.80. The molecule has 0 amide bonds. The summed E-state index contributed by atoms with van der Waals surface area (Å²) in [6, 6.07) is 1.13. The topological polar surface area (TPSA) is 38.5 Å². The summed E-state index contributed by atoms with van der Waals surface area (Å²) in [5, 5.41) is 0. The van der Waals surface area contributed by atoms with Crippen molar-refractivity contribution in [1.29, 1.82) is 0 Å². The van der Waals surface area contributed by atoms with E-state index in [0.717, 1.165) is 32.0 Å². The molecule has 2 aliphatic rings. The Morgan fingerprint density at radius 1 is 1.29 bits per heavy atom. The molecule has 2 atom stereocenters. The van der Waals surface area contributed by atoms with Gasteiger partial charge in [-0.1, -0.05) is 0 Å². The maximum atomic E-state index is 5.90. The smallest absolute Gasteiger partial charge is 0.0509 e. The molecule has 14 heavy (non-hydrogen) atoms. The van der Waals surface area contributed by atoms with Crippen LogP contribution in [0.25, 0.3) is 0 Å². The largest absolute Gasteiger partial charge is 0.381 e. The monoisotopic (exact) mass is 198 g/mol. The molecule has 2 aliphatic heterocycles. The lowest BCUT2D eigenvalue weighted by Crippen LogP contribution is -2.46. The van der Waals surface area contributed by atoms with Gasteiger partial charge in [0.2, 0.25) is 0 Å². The van der Waals surface area contributed by atoms with Crippen molar-refractivity contribution in [1.82, 2.24) is 4.90 Å². The molecular formula is C11H22N2O. The predicted molar refractivity (Wildman–Crippen MR) is 57.2 cm³/mol. The highest BCUT2D eigenvalue weighted by Gasteiger charge is 2.28. The summed E-state index contributed by atoms with van der Waals surface area (Å²) in [4.78, 5) is 2.59. The molecule has 0 radical (unpaired) electrons. The quantitative estimate of drug-likeness (QED) is 0.714. The normalized spacial score (nSPS) is 33.4. The Bertz CT molecular complexity index is 172. The molecule has 3 heteroatoms. The van der Waals surface area contributed by atoms with Gasteiger partial charge in [0.05, 0.1) is 6.61 Å². The first kappa shape index (κ1) is 10.4. The van der Waals surface area contributed by atoms with Crippen LogP contribution in [0.2, 0.25) is 0 Å². The van der Waals surface area contributed by atoms with Gasteiger partial charge in [-0.15, -0.1) is 0 Å². The Morgan fingerprint density at radius 2 is 2.00 bits per heavy atom. The first-order chi connectivity index (χ1) is 6.77. The van der Waals surface area contributed by atoms with Crippen molar-refractivity contribution in [3.8, 4) is 0 Å². The van der Waals surface area contributed by atoms with Crippen LogP contribution < -0.4 is 5.73 Å². The predicted octanol–water partition coefficient (Wildman–Crippen LogP) is 0.834. The molecule has 2 heterocycles. The maximum absolute atomic E-state index is 5.90. The van der Waals surface area contributed by atoms with E-state index in [9.17, 15) is 0 Å². The highest BCUT2D eigenvalue weighted by atomic mass is 16.5. The van der Waals surface area contributed by atoms with Crippen molar-refractivity contribution in [3.05, 3.63) is 0 Å². The van der Waals surface area contributed by atoms with Gasteiger partial charge in [-0.3, -0.25) is 0 Å². The lowest BCUT2D eigenvalue weighted by molar-refractivity contribution is 0.106. The molecule has 0 aromatic carbocycles. The summed E-state index contributed by atoms with van der Waals surface area (Å²) >= 11 is 0. The number of nitrogens with zero attached hydrogens (tertiary/aromatic N) is 1. The molecular weight excluding hydrogens is 176 g/mol. The van der Waals surface area contributed by atoms with Crippen LogP contribution in [0.15, 0.2) is 0 Å². The highest BCUT2D eigenvalue weighted by Crippen LogP contribution is 2.23. The van der Waals surface area contributed by atoms with Gasteiger partial charge < -0.3 is 15.4 Å². The minimum absolute atomic E-state index is 0.443. The zero-order valence-corrected chi connectivity index (χ0v) is 9.11. The zero-order chi connectivity index (χ0) is 9.97. The standard InChI is InChI=1S/C11H22N2O/c1-9(10-4-7-14-8-10)13-5-2-11(12)3-6-13/h9-11H,2-8,12H2,1H3. The number of ether oxygens (including phenoxy) is 1. The second-order valence-corrected chi connectivity index (χ2v) is 4.74. The van der Waals surface area contributed by atoms with E-state index in [-0.39, 0.29) is 0 Å². The molecule has 2 unspecified atom stereocenters. The number of nitrogens with two attached hydrogens (primary N) is 1. The van der Waals surface area contributed by atoms with Crippen LogP contribution in [0.5, 0.6) is 0 Å². The van der Waals surface area contributed by atoms with Gasteiger partial charge in [0.1, 0.15) is 0 Å². The average molecular weight is 198 g/mol. The van der Waals surface area contributed by atoms with Crippen molar-refractivity contribution in [2.24, 2.45) is 11.7 Å². The number of likely N-dealkylation sites (tertiary alicyclic amines) is 1. The highest BCUT2D eigenvalue weighted by molar-refractivity contribution is 4.83. The maximum Gasteiger partial charge on any atom is 0.0509 e. The van der Waals surface area contributed by atoms with Crippen molar-refractivity contribution in [2.75, 3.05) is 26.3 Å². The van der Waals surface area contributed by atoms with Crippen molar-refractivity contribution in [2.45, 2.75) is 38.3 Å². The number of piperidine rings is 1. The van der Waals surface area contributed by atoms with Gasteiger partial charge in [0.15, 0.2) is 0 Å². The summed E-state index contributed by atoms with van der Waals surface area (Å²) in [6.07, 6.45) is 3.57. The van der Waals surface area contributed by atoms with E-state index >= 15 is 0 Å². The van der Waals surface area contributed by atoms with Crippen LogP contribution in [0.4, 0.5) is 0 Å². The first-order valence-corrected chi connectivity index (χ1v) is 5.85. The van der Waals surface area contributed by atoms with Gasteiger partial charge in [-0.2, -0.15) is 0 Å². The second-order valence-electron chi connectivity index (χ2n) is 4.74. The van der Waals surface area contributed by atoms with Crippen LogP contribution >= 0.6 is 0 Å². The average Bonchev–Trinajstić information content (AvgIpc) is 2.71. The van der Waals surface area contributed by atoms with Gasteiger partial charge in [-0.25, -0.2) is 0 Å². The lowest BCUT2D eigenvalue weighted by Gasteiger charge is -2.37. The fourth-order valence-electron chi connectivity index (χ4n) is 2.56. The molecule has 82 valence electrons. The van der Waals surface area contributed by atoms with Crippen molar-refractivity contribution < 1.29 is 4.74 Å². The summed E-state index contributed by atoms with van der Waals surface area (Å²) in [7, 11) is 0. The molecule has 0 aromatic heterocycles. The third kappa shape index (κ3) is 2.27.